The van der Waals surface area contributed by atoms with E-state index in [-0.39, 0.29) is 0 Å². The summed E-state index contributed by atoms with van der Waals surface area (Å²) in [6, 6.07) is 16.5. The van der Waals surface area contributed by atoms with Crippen molar-refractivity contribution in [3.05, 3.63) is 71.1 Å². The van der Waals surface area contributed by atoms with Gasteiger partial charge in [0.1, 0.15) is 5.82 Å². The van der Waals surface area contributed by atoms with E-state index in [1.807, 2.05) is 24.3 Å². The lowest BCUT2D eigenvalue weighted by Crippen LogP contribution is -2.16. The van der Waals surface area contributed by atoms with Crippen molar-refractivity contribution in [1.82, 2.24) is 15.0 Å². The molecule has 1 aliphatic rings. The van der Waals surface area contributed by atoms with Crippen LogP contribution in [0.5, 0.6) is 0 Å². The molecule has 0 amide bonds. The SMILES string of the molecule is Clc1ccc2nc(CC3CCC(c4cnc5ccccc5c4)CC3)[nH]c2c1. The van der Waals surface area contributed by atoms with Crippen molar-refractivity contribution in [2.24, 2.45) is 5.92 Å². The predicted octanol–water partition coefficient (Wildman–Crippen LogP) is 6.28. The van der Waals surface area contributed by atoms with Gasteiger partial charge in [0.25, 0.3) is 0 Å². The number of nitrogens with one attached hydrogen (secondary N) is 1. The van der Waals surface area contributed by atoms with Crippen LogP contribution in [0, 0.1) is 5.92 Å². The molecule has 27 heavy (non-hydrogen) atoms. The maximum atomic E-state index is 6.08. The fourth-order valence-electron chi connectivity index (χ4n) is 4.42. The third kappa shape index (κ3) is 3.44. The number of aromatic amines is 1. The van der Waals surface area contributed by atoms with Crippen molar-refractivity contribution in [1.29, 1.82) is 0 Å². The average Bonchev–Trinajstić information content (AvgIpc) is 3.09. The number of H-pyrrole nitrogens is 1. The number of halogens is 1. The molecule has 1 aliphatic carbocycles. The second-order valence-corrected chi connectivity index (χ2v) is 8.16. The van der Waals surface area contributed by atoms with Gasteiger partial charge in [-0.3, -0.25) is 4.98 Å². The molecule has 0 unspecified atom stereocenters. The summed E-state index contributed by atoms with van der Waals surface area (Å²) >= 11 is 6.08. The van der Waals surface area contributed by atoms with E-state index in [9.17, 15) is 0 Å². The molecule has 1 N–H and O–H groups in total. The second-order valence-electron chi connectivity index (χ2n) is 7.73. The van der Waals surface area contributed by atoms with Crippen molar-refractivity contribution in [3.63, 3.8) is 0 Å². The molecular formula is C23H22ClN3. The molecule has 0 radical (unpaired) electrons. The number of nitrogens with zero attached hydrogens (tertiary/aromatic N) is 2. The summed E-state index contributed by atoms with van der Waals surface area (Å²) in [5.41, 5.74) is 4.52. The summed E-state index contributed by atoms with van der Waals surface area (Å²) in [5, 5.41) is 2.00. The molecule has 0 atom stereocenters. The number of benzene rings is 2. The lowest BCUT2D eigenvalue weighted by Gasteiger charge is -2.28. The van der Waals surface area contributed by atoms with Crippen LogP contribution in [0.3, 0.4) is 0 Å². The number of hydrogen-bond acceptors (Lipinski definition) is 2. The average molecular weight is 376 g/mol. The molecule has 3 nitrogen and oxygen atoms in total. The molecule has 136 valence electrons. The van der Waals surface area contributed by atoms with Gasteiger partial charge in [-0.05, 0) is 73.4 Å². The van der Waals surface area contributed by atoms with Crippen molar-refractivity contribution in [2.75, 3.05) is 0 Å². The number of rotatable bonds is 3. The van der Waals surface area contributed by atoms with Crippen LogP contribution in [-0.2, 0) is 6.42 Å². The van der Waals surface area contributed by atoms with Crippen molar-refractivity contribution in [3.8, 4) is 0 Å². The van der Waals surface area contributed by atoms with Gasteiger partial charge >= 0.3 is 0 Å². The van der Waals surface area contributed by atoms with Gasteiger partial charge in [0, 0.05) is 23.0 Å². The highest BCUT2D eigenvalue weighted by Crippen LogP contribution is 2.37. The van der Waals surface area contributed by atoms with Crippen molar-refractivity contribution >= 4 is 33.5 Å². The summed E-state index contributed by atoms with van der Waals surface area (Å²) in [6.07, 6.45) is 8.06. The highest BCUT2D eigenvalue weighted by molar-refractivity contribution is 6.31. The largest absolute Gasteiger partial charge is 0.342 e. The highest BCUT2D eigenvalue weighted by atomic mass is 35.5. The fourth-order valence-corrected chi connectivity index (χ4v) is 4.59. The molecule has 0 spiro atoms. The summed E-state index contributed by atoms with van der Waals surface area (Å²) in [4.78, 5) is 12.8. The first kappa shape index (κ1) is 16.8. The van der Waals surface area contributed by atoms with Gasteiger partial charge in [-0.2, -0.15) is 0 Å². The van der Waals surface area contributed by atoms with Crippen molar-refractivity contribution in [2.45, 2.75) is 38.0 Å². The fraction of sp³-hybridized carbons (Fsp3) is 0.304. The molecule has 1 saturated carbocycles. The number of para-hydroxylation sites is 1. The zero-order valence-corrected chi connectivity index (χ0v) is 15.9. The lowest BCUT2D eigenvalue weighted by atomic mass is 9.77. The van der Waals surface area contributed by atoms with Crippen LogP contribution in [-0.4, -0.2) is 15.0 Å². The maximum absolute atomic E-state index is 6.08. The Kier molecular flexibility index (Phi) is 4.33. The molecule has 0 saturated heterocycles. The van der Waals surface area contributed by atoms with Crippen LogP contribution in [0.15, 0.2) is 54.7 Å². The first-order valence-electron chi connectivity index (χ1n) is 9.73. The maximum Gasteiger partial charge on any atom is 0.107 e. The minimum Gasteiger partial charge on any atom is -0.342 e. The van der Waals surface area contributed by atoms with Gasteiger partial charge in [0.15, 0.2) is 0 Å². The number of imidazole rings is 1. The predicted molar refractivity (Wildman–Crippen MR) is 111 cm³/mol. The molecular weight excluding hydrogens is 354 g/mol. The molecule has 2 aromatic heterocycles. The van der Waals surface area contributed by atoms with Gasteiger partial charge in [-0.25, -0.2) is 4.98 Å². The van der Waals surface area contributed by atoms with Gasteiger partial charge in [0.2, 0.25) is 0 Å². The Morgan fingerprint density at radius 3 is 2.70 bits per heavy atom. The summed E-state index contributed by atoms with van der Waals surface area (Å²) in [5.74, 6) is 2.42. The zero-order chi connectivity index (χ0) is 18.2. The first-order valence-corrected chi connectivity index (χ1v) is 10.1. The number of aromatic nitrogens is 3. The molecule has 0 bridgehead atoms. The third-order valence-corrected chi connectivity index (χ3v) is 6.14. The topological polar surface area (TPSA) is 41.6 Å². The summed E-state index contributed by atoms with van der Waals surface area (Å²) in [6.45, 7) is 0. The second kappa shape index (κ2) is 6.97. The smallest absolute Gasteiger partial charge is 0.107 e. The Bertz CT molecular complexity index is 1090. The Hall–Kier alpha value is -2.39. The van der Waals surface area contributed by atoms with E-state index in [0.717, 1.165) is 33.8 Å². The molecule has 5 rings (SSSR count). The van der Waals surface area contributed by atoms with Crippen LogP contribution < -0.4 is 0 Å². The molecule has 1 fully saturated rings. The van der Waals surface area contributed by atoms with E-state index in [1.165, 1.54) is 36.6 Å². The van der Waals surface area contributed by atoms with Crippen LogP contribution in [0.1, 0.15) is 43.0 Å². The standard InChI is InChI=1S/C23H22ClN3/c24-19-9-10-21-22(13-19)27-23(26-21)11-15-5-7-16(8-6-15)18-12-17-3-1-2-4-20(17)25-14-18/h1-4,9-10,12-16H,5-8,11H2,(H,26,27). The first-order chi connectivity index (χ1) is 13.2. The quantitative estimate of drug-likeness (QED) is 0.457. The molecule has 2 heterocycles. The Morgan fingerprint density at radius 1 is 0.963 bits per heavy atom. The van der Waals surface area contributed by atoms with E-state index in [1.54, 1.807) is 0 Å². The third-order valence-electron chi connectivity index (χ3n) is 5.90. The molecule has 2 aromatic carbocycles. The minimum absolute atomic E-state index is 0.632. The monoisotopic (exact) mass is 375 g/mol. The Labute approximate surface area is 163 Å². The van der Waals surface area contributed by atoms with E-state index in [4.69, 9.17) is 16.6 Å². The minimum atomic E-state index is 0.632. The van der Waals surface area contributed by atoms with E-state index >= 15 is 0 Å². The summed E-state index contributed by atoms with van der Waals surface area (Å²) < 4.78 is 0. The van der Waals surface area contributed by atoms with E-state index in [0.29, 0.717) is 11.8 Å². The highest BCUT2D eigenvalue weighted by Gasteiger charge is 2.24. The van der Waals surface area contributed by atoms with Gasteiger partial charge in [-0.15, -0.1) is 0 Å². The normalized spacial score (nSPS) is 20.3. The van der Waals surface area contributed by atoms with Crippen LogP contribution in [0.2, 0.25) is 5.02 Å². The van der Waals surface area contributed by atoms with Crippen LogP contribution >= 0.6 is 11.6 Å². The number of fused-ring (bicyclic) bond motifs is 2. The molecule has 0 aliphatic heterocycles. The molecule has 4 heteroatoms. The van der Waals surface area contributed by atoms with Gasteiger partial charge < -0.3 is 4.98 Å². The lowest BCUT2D eigenvalue weighted by molar-refractivity contribution is 0.321. The number of pyridine rings is 1. The number of hydrogen-bond donors (Lipinski definition) is 1. The van der Waals surface area contributed by atoms with E-state index in [2.05, 4.69) is 40.4 Å². The van der Waals surface area contributed by atoms with Crippen LogP contribution in [0.25, 0.3) is 21.9 Å². The summed E-state index contributed by atoms with van der Waals surface area (Å²) in [7, 11) is 0. The van der Waals surface area contributed by atoms with Gasteiger partial charge in [-0.1, -0.05) is 29.8 Å². The zero-order valence-electron chi connectivity index (χ0n) is 15.2. The Balaban J connectivity index is 1.26. The van der Waals surface area contributed by atoms with E-state index < -0.39 is 0 Å². The molecule has 4 aromatic rings. The van der Waals surface area contributed by atoms with Gasteiger partial charge in [0.05, 0.1) is 16.6 Å². The Morgan fingerprint density at radius 2 is 1.81 bits per heavy atom. The van der Waals surface area contributed by atoms with Crippen LogP contribution in [0.4, 0.5) is 0 Å². The van der Waals surface area contributed by atoms with Crippen molar-refractivity contribution < 1.29 is 0 Å².